The third kappa shape index (κ3) is 3.16. The van der Waals surface area contributed by atoms with Crippen molar-refractivity contribution in [2.24, 2.45) is 0 Å². The quantitative estimate of drug-likeness (QED) is 0.714. The number of hydrogen-bond donors (Lipinski definition) is 1. The van der Waals surface area contributed by atoms with Crippen LogP contribution in [0.4, 0.5) is 0 Å². The van der Waals surface area contributed by atoms with Gasteiger partial charge in [-0.25, -0.2) is 4.79 Å². The van der Waals surface area contributed by atoms with Crippen molar-refractivity contribution in [2.45, 2.75) is 13.2 Å². The predicted molar refractivity (Wildman–Crippen MR) is 95.4 cm³/mol. The smallest absolute Gasteiger partial charge is 0.355 e. The zero-order chi connectivity index (χ0) is 18.1. The zero-order valence-corrected chi connectivity index (χ0v) is 14.3. The van der Waals surface area contributed by atoms with Gasteiger partial charge in [-0.05, 0) is 24.3 Å². The molecule has 1 aliphatic heterocycles. The first-order valence-electron chi connectivity index (χ1n) is 7.93. The Morgan fingerprint density at radius 1 is 1.23 bits per heavy atom. The van der Waals surface area contributed by atoms with Crippen LogP contribution in [0.1, 0.15) is 21.6 Å². The summed E-state index contributed by atoms with van der Waals surface area (Å²) in [7, 11) is 0. The third-order valence-electron chi connectivity index (χ3n) is 4.07. The molecule has 1 N–H and O–H groups in total. The second kappa shape index (κ2) is 6.82. The molecule has 0 saturated carbocycles. The van der Waals surface area contributed by atoms with Gasteiger partial charge in [0.25, 0.3) is 0 Å². The van der Waals surface area contributed by atoms with E-state index in [0.29, 0.717) is 33.8 Å². The van der Waals surface area contributed by atoms with E-state index in [1.54, 1.807) is 36.4 Å². The number of carbonyl (C=O) groups excluding carboxylic acids is 1. The summed E-state index contributed by atoms with van der Waals surface area (Å²) < 4.78 is 16.1. The number of carbonyl (C=O) groups is 1. The number of hydrogen-bond acceptors (Lipinski definition) is 5. The Labute approximate surface area is 153 Å². The Hall–Kier alpha value is -2.83. The average Bonchev–Trinajstić information content (AvgIpc) is 2.65. The Balaban J connectivity index is 1.58. The van der Waals surface area contributed by atoms with E-state index in [1.165, 1.54) is 6.07 Å². The number of benzene rings is 2. The van der Waals surface area contributed by atoms with Crippen LogP contribution in [0.2, 0.25) is 5.02 Å². The second-order valence-electron chi connectivity index (χ2n) is 5.83. The lowest BCUT2D eigenvalue weighted by Crippen LogP contribution is -2.15. The number of halogens is 1. The summed E-state index contributed by atoms with van der Waals surface area (Å²) in [6, 6.07) is 11.6. The van der Waals surface area contributed by atoms with Crippen LogP contribution in [0.5, 0.6) is 5.75 Å². The molecule has 0 saturated heterocycles. The van der Waals surface area contributed by atoms with E-state index in [-0.39, 0.29) is 24.5 Å². The van der Waals surface area contributed by atoms with Gasteiger partial charge in [0.15, 0.2) is 12.2 Å². The van der Waals surface area contributed by atoms with Crippen LogP contribution < -0.4 is 10.2 Å². The molecule has 1 aliphatic rings. The number of nitrogens with one attached hydrogen (secondary N) is 1. The molecular formula is C19H14ClNO5. The molecule has 6 nitrogen and oxygen atoms in total. The Bertz CT molecular complexity index is 1060. The van der Waals surface area contributed by atoms with Crippen molar-refractivity contribution in [1.29, 1.82) is 0 Å². The van der Waals surface area contributed by atoms with Gasteiger partial charge in [0.1, 0.15) is 18.1 Å². The highest BCUT2D eigenvalue weighted by atomic mass is 35.5. The van der Waals surface area contributed by atoms with E-state index in [4.69, 9.17) is 25.8 Å². The normalized spacial score (nSPS) is 13.1. The van der Waals surface area contributed by atoms with Crippen LogP contribution in [0, 0.1) is 0 Å². The molecule has 26 heavy (non-hydrogen) atoms. The highest BCUT2D eigenvalue weighted by molar-refractivity contribution is 6.30. The first kappa shape index (κ1) is 16.6. The van der Waals surface area contributed by atoms with Crippen LogP contribution >= 0.6 is 11.6 Å². The standard InChI is InChI=1S/C19H14ClNO5/c20-13-5-11-8-24-10-26-18(11)12(6-13)9-25-19(23)16-7-17(22)14-3-1-2-4-15(14)21-16/h1-7H,8-10H2,(H,21,22). The molecule has 132 valence electrons. The Morgan fingerprint density at radius 2 is 2.08 bits per heavy atom. The Morgan fingerprint density at radius 3 is 2.96 bits per heavy atom. The Kier molecular flexibility index (Phi) is 4.36. The number of ether oxygens (including phenoxy) is 3. The molecule has 0 spiro atoms. The molecule has 0 radical (unpaired) electrons. The maximum atomic E-state index is 12.4. The van der Waals surface area contributed by atoms with Gasteiger partial charge in [0, 0.05) is 33.1 Å². The van der Waals surface area contributed by atoms with E-state index in [9.17, 15) is 9.59 Å². The molecule has 0 fully saturated rings. The van der Waals surface area contributed by atoms with Gasteiger partial charge in [-0.1, -0.05) is 23.7 Å². The summed E-state index contributed by atoms with van der Waals surface area (Å²) in [5.41, 5.74) is 1.87. The fourth-order valence-corrected chi connectivity index (χ4v) is 3.16. The van der Waals surface area contributed by atoms with Crippen LogP contribution in [-0.2, 0) is 22.7 Å². The molecule has 0 unspecified atom stereocenters. The van der Waals surface area contributed by atoms with Crippen LogP contribution in [0.3, 0.4) is 0 Å². The molecule has 2 heterocycles. The van der Waals surface area contributed by atoms with E-state index in [0.717, 1.165) is 5.56 Å². The number of aromatic nitrogens is 1. The summed E-state index contributed by atoms with van der Waals surface area (Å²) in [6.07, 6.45) is 0. The highest BCUT2D eigenvalue weighted by Gasteiger charge is 2.18. The molecule has 7 heteroatoms. The third-order valence-corrected chi connectivity index (χ3v) is 4.29. The lowest BCUT2D eigenvalue weighted by molar-refractivity contribution is -0.0180. The van der Waals surface area contributed by atoms with E-state index in [1.807, 2.05) is 0 Å². The van der Waals surface area contributed by atoms with Crippen molar-refractivity contribution in [3.63, 3.8) is 0 Å². The molecule has 0 aliphatic carbocycles. The summed E-state index contributed by atoms with van der Waals surface area (Å²) >= 11 is 6.10. The monoisotopic (exact) mass is 371 g/mol. The molecule has 2 aromatic carbocycles. The maximum absolute atomic E-state index is 12.4. The molecule has 3 aromatic rings. The first-order chi connectivity index (χ1) is 12.6. The van der Waals surface area contributed by atoms with Gasteiger partial charge in [-0.3, -0.25) is 4.79 Å². The number of rotatable bonds is 3. The summed E-state index contributed by atoms with van der Waals surface area (Å²) in [4.78, 5) is 27.4. The fourth-order valence-electron chi connectivity index (χ4n) is 2.89. The average molecular weight is 372 g/mol. The van der Waals surface area contributed by atoms with Crippen molar-refractivity contribution in [1.82, 2.24) is 4.98 Å². The zero-order valence-electron chi connectivity index (χ0n) is 13.6. The van der Waals surface area contributed by atoms with Crippen LogP contribution in [-0.4, -0.2) is 17.7 Å². The first-order valence-corrected chi connectivity index (χ1v) is 8.30. The molecule has 4 rings (SSSR count). The lowest BCUT2D eigenvalue weighted by Gasteiger charge is -2.21. The van der Waals surface area contributed by atoms with Crippen LogP contribution in [0.25, 0.3) is 10.9 Å². The fraction of sp³-hybridized carbons (Fsp3) is 0.158. The van der Waals surface area contributed by atoms with Gasteiger partial charge < -0.3 is 19.2 Å². The van der Waals surface area contributed by atoms with Gasteiger partial charge >= 0.3 is 5.97 Å². The minimum Gasteiger partial charge on any atom is -0.467 e. The second-order valence-corrected chi connectivity index (χ2v) is 6.27. The van der Waals surface area contributed by atoms with Crippen molar-refractivity contribution < 1.29 is 19.0 Å². The minimum atomic E-state index is -0.631. The molecule has 0 amide bonds. The number of pyridine rings is 1. The van der Waals surface area contributed by atoms with Crippen LogP contribution in [0.15, 0.2) is 47.3 Å². The minimum absolute atomic E-state index is 0.0312. The largest absolute Gasteiger partial charge is 0.467 e. The SMILES string of the molecule is O=C(OCc1cc(Cl)cc2c1OCOC2)c1cc(=O)c2ccccc2[nH]1. The van der Waals surface area contributed by atoms with Crippen molar-refractivity contribution in [3.8, 4) is 5.75 Å². The van der Waals surface area contributed by atoms with E-state index < -0.39 is 5.97 Å². The predicted octanol–water partition coefficient (Wildman–Crippen LogP) is 3.41. The van der Waals surface area contributed by atoms with Crippen molar-refractivity contribution in [2.75, 3.05) is 6.79 Å². The molecule has 0 atom stereocenters. The number of esters is 1. The molecular weight excluding hydrogens is 358 g/mol. The van der Waals surface area contributed by atoms with Gasteiger partial charge in [0.2, 0.25) is 0 Å². The van der Waals surface area contributed by atoms with Gasteiger partial charge in [-0.15, -0.1) is 0 Å². The number of aromatic amines is 1. The van der Waals surface area contributed by atoms with Gasteiger partial charge in [0.05, 0.1) is 6.61 Å². The lowest BCUT2D eigenvalue weighted by atomic mass is 10.1. The van der Waals surface area contributed by atoms with Gasteiger partial charge in [-0.2, -0.15) is 0 Å². The summed E-state index contributed by atoms with van der Waals surface area (Å²) in [6.45, 7) is 0.485. The number of fused-ring (bicyclic) bond motifs is 2. The molecule has 1 aromatic heterocycles. The van der Waals surface area contributed by atoms with Crippen molar-refractivity contribution in [3.05, 3.63) is 74.5 Å². The number of para-hydroxylation sites is 1. The highest BCUT2D eigenvalue weighted by Crippen LogP contribution is 2.32. The molecule has 0 bridgehead atoms. The van der Waals surface area contributed by atoms with E-state index in [2.05, 4.69) is 4.98 Å². The van der Waals surface area contributed by atoms with Crippen molar-refractivity contribution >= 4 is 28.5 Å². The number of H-pyrrole nitrogens is 1. The summed E-state index contributed by atoms with van der Waals surface area (Å²) in [5.74, 6) is -0.0194. The maximum Gasteiger partial charge on any atom is 0.355 e. The van der Waals surface area contributed by atoms with E-state index >= 15 is 0 Å². The summed E-state index contributed by atoms with van der Waals surface area (Å²) in [5, 5.41) is 1.02. The topological polar surface area (TPSA) is 77.6 Å².